The Labute approximate surface area is 80.3 Å². The molecule has 0 radical (unpaired) electrons. The fourth-order valence-corrected chi connectivity index (χ4v) is 0.997. The number of aliphatic hydroxyl groups excluding tert-OH is 1. The van der Waals surface area contributed by atoms with Gasteiger partial charge in [0.15, 0.2) is 6.10 Å². The van der Waals surface area contributed by atoms with Crippen molar-refractivity contribution in [1.82, 2.24) is 4.98 Å². The average Bonchev–Trinajstić information content (AvgIpc) is 2.20. The monoisotopic (exact) mass is 199 g/mol. The molecule has 1 aromatic heterocycles. The Morgan fingerprint density at radius 3 is 3.07 bits per heavy atom. The van der Waals surface area contributed by atoms with Crippen LogP contribution in [-0.2, 0) is 16.0 Å². The number of esters is 1. The van der Waals surface area contributed by atoms with Crippen molar-refractivity contribution in [3.05, 3.63) is 29.8 Å². The Morgan fingerprint density at radius 1 is 1.79 bits per heavy atom. The molecule has 14 heavy (non-hydrogen) atoms. The Bertz CT molecular complexity index is 330. The van der Waals surface area contributed by atoms with Gasteiger partial charge in [0.2, 0.25) is 0 Å². The molecule has 76 valence electrons. The number of ether oxygens (including phenoxy) is 1. The van der Waals surface area contributed by atoms with Crippen LogP contribution in [0.25, 0.3) is 0 Å². The number of halogens is 1. The highest BCUT2D eigenvalue weighted by Gasteiger charge is 2.17. The molecule has 0 spiro atoms. The van der Waals surface area contributed by atoms with Crippen LogP contribution >= 0.6 is 0 Å². The van der Waals surface area contributed by atoms with E-state index in [0.717, 1.165) is 13.3 Å². The summed E-state index contributed by atoms with van der Waals surface area (Å²) >= 11 is 0. The highest BCUT2D eigenvalue weighted by Crippen LogP contribution is 2.08. The van der Waals surface area contributed by atoms with Crippen LogP contribution in [0.15, 0.2) is 18.5 Å². The lowest BCUT2D eigenvalue weighted by molar-refractivity contribution is -0.150. The average molecular weight is 199 g/mol. The third-order valence-corrected chi connectivity index (χ3v) is 1.74. The van der Waals surface area contributed by atoms with Crippen LogP contribution in [-0.4, -0.2) is 29.3 Å². The Morgan fingerprint density at radius 2 is 2.50 bits per heavy atom. The number of carbonyl (C=O) groups excluding carboxylic acids is 1. The molecule has 1 unspecified atom stereocenters. The minimum Gasteiger partial charge on any atom is -0.467 e. The van der Waals surface area contributed by atoms with Crippen LogP contribution in [0, 0.1) is 5.82 Å². The molecule has 5 heteroatoms. The van der Waals surface area contributed by atoms with E-state index in [1.165, 1.54) is 12.3 Å². The highest BCUT2D eigenvalue weighted by molar-refractivity contribution is 5.74. The van der Waals surface area contributed by atoms with E-state index < -0.39 is 17.9 Å². The Balaban J connectivity index is 2.69. The van der Waals surface area contributed by atoms with Crippen LogP contribution in [0.1, 0.15) is 5.56 Å². The first-order chi connectivity index (χ1) is 6.65. The fraction of sp³-hybridized carbons (Fsp3) is 0.333. The molecule has 0 saturated heterocycles. The molecule has 1 heterocycles. The molecular weight excluding hydrogens is 189 g/mol. The molecule has 0 bridgehead atoms. The van der Waals surface area contributed by atoms with E-state index in [1.54, 1.807) is 0 Å². The second-order valence-corrected chi connectivity index (χ2v) is 2.71. The number of methoxy groups -OCH3 is 1. The number of rotatable bonds is 3. The summed E-state index contributed by atoms with van der Waals surface area (Å²) in [7, 11) is 1.16. The number of carbonyl (C=O) groups is 1. The second-order valence-electron chi connectivity index (χ2n) is 2.71. The molecule has 1 rings (SSSR count). The Kier molecular flexibility index (Phi) is 3.53. The van der Waals surface area contributed by atoms with Gasteiger partial charge in [-0.05, 0) is 11.6 Å². The van der Waals surface area contributed by atoms with Gasteiger partial charge in [-0.1, -0.05) is 0 Å². The Hall–Kier alpha value is -1.49. The van der Waals surface area contributed by atoms with Gasteiger partial charge in [0.05, 0.1) is 13.3 Å². The molecule has 0 aliphatic rings. The summed E-state index contributed by atoms with van der Waals surface area (Å²) < 4.78 is 17.3. The van der Waals surface area contributed by atoms with Crippen molar-refractivity contribution < 1.29 is 19.0 Å². The van der Waals surface area contributed by atoms with Gasteiger partial charge in [0, 0.05) is 12.6 Å². The number of pyridine rings is 1. The lowest BCUT2D eigenvalue weighted by atomic mass is 10.1. The predicted octanol–water partition coefficient (Wildman–Crippen LogP) is 0.297. The normalized spacial score (nSPS) is 12.2. The van der Waals surface area contributed by atoms with Gasteiger partial charge in [0.1, 0.15) is 5.82 Å². The quantitative estimate of drug-likeness (QED) is 0.711. The molecular formula is C9H10FNO3. The molecule has 1 aromatic rings. The SMILES string of the molecule is COC(=O)C(O)Cc1ccncc1F. The largest absolute Gasteiger partial charge is 0.467 e. The van der Waals surface area contributed by atoms with Crippen LogP contribution in [0.4, 0.5) is 4.39 Å². The third kappa shape index (κ3) is 2.50. The number of aromatic nitrogens is 1. The summed E-state index contributed by atoms with van der Waals surface area (Å²) in [5.74, 6) is -1.32. The van der Waals surface area contributed by atoms with E-state index in [0.29, 0.717) is 0 Å². The lowest BCUT2D eigenvalue weighted by Gasteiger charge is -2.08. The van der Waals surface area contributed by atoms with Crippen molar-refractivity contribution in [3.63, 3.8) is 0 Å². The summed E-state index contributed by atoms with van der Waals surface area (Å²) in [5.41, 5.74) is 0.234. The third-order valence-electron chi connectivity index (χ3n) is 1.74. The summed E-state index contributed by atoms with van der Waals surface area (Å²) in [5, 5.41) is 9.23. The summed E-state index contributed by atoms with van der Waals surface area (Å²) in [4.78, 5) is 14.4. The zero-order chi connectivity index (χ0) is 10.6. The van der Waals surface area contributed by atoms with Crippen LogP contribution in [0.3, 0.4) is 0 Å². The van der Waals surface area contributed by atoms with Gasteiger partial charge < -0.3 is 9.84 Å². The molecule has 1 atom stereocenters. The van der Waals surface area contributed by atoms with Gasteiger partial charge in [-0.25, -0.2) is 9.18 Å². The standard InChI is InChI=1S/C9H10FNO3/c1-14-9(13)8(12)4-6-2-3-11-5-7(6)10/h2-3,5,8,12H,4H2,1H3. The van der Waals surface area contributed by atoms with Crippen molar-refractivity contribution in [3.8, 4) is 0 Å². The van der Waals surface area contributed by atoms with Gasteiger partial charge >= 0.3 is 5.97 Å². The fourth-order valence-electron chi connectivity index (χ4n) is 0.997. The molecule has 0 aromatic carbocycles. The van der Waals surface area contributed by atoms with Crippen molar-refractivity contribution in [2.24, 2.45) is 0 Å². The molecule has 0 saturated carbocycles. The van der Waals surface area contributed by atoms with Gasteiger partial charge in [-0.2, -0.15) is 0 Å². The zero-order valence-electron chi connectivity index (χ0n) is 7.61. The van der Waals surface area contributed by atoms with E-state index in [1.807, 2.05) is 0 Å². The number of hydrogen-bond acceptors (Lipinski definition) is 4. The molecule has 0 amide bonds. The van der Waals surface area contributed by atoms with Crippen molar-refractivity contribution in [2.75, 3.05) is 7.11 Å². The van der Waals surface area contributed by atoms with E-state index in [4.69, 9.17) is 0 Å². The van der Waals surface area contributed by atoms with Gasteiger partial charge in [0.25, 0.3) is 0 Å². The van der Waals surface area contributed by atoms with E-state index in [2.05, 4.69) is 9.72 Å². The summed E-state index contributed by atoms with van der Waals surface area (Å²) in [6.45, 7) is 0. The number of nitrogens with zero attached hydrogens (tertiary/aromatic N) is 1. The maximum atomic E-state index is 13.0. The van der Waals surface area contributed by atoms with Crippen LogP contribution in [0.2, 0.25) is 0 Å². The molecule has 0 aliphatic carbocycles. The van der Waals surface area contributed by atoms with Crippen molar-refractivity contribution in [1.29, 1.82) is 0 Å². The van der Waals surface area contributed by atoms with Crippen molar-refractivity contribution in [2.45, 2.75) is 12.5 Å². The van der Waals surface area contributed by atoms with Gasteiger partial charge in [-0.3, -0.25) is 4.98 Å². The summed E-state index contributed by atoms with van der Waals surface area (Å²) in [6, 6.07) is 1.40. The van der Waals surface area contributed by atoms with E-state index in [-0.39, 0.29) is 12.0 Å². The predicted molar refractivity (Wildman–Crippen MR) is 45.9 cm³/mol. The van der Waals surface area contributed by atoms with Crippen LogP contribution < -0.4 is 0 Å². The maximum absolute atomic E-state index is 13.0. The van der Waals surface area contributed by atoms with E-state index >= 15 is 0 Å². The lowest BCUT2D eigenvalue weighted by Crippen LogP contribution is -2.24. The minimum absolute atomic E-state index is 0.110. The highest BCUT2D eigenvalue weighted by atomic mass is 19.1. The molecule has 1 N–H and O–H groups in total. The summed E-state index contributed by atoms with van der Waals surface area (Å²) in [6.07, 6.45) is 0.972. The number of aliphatic hydroxyl groups is 1. The minimum atomic E-state index is -1.34. The van der Waals surface area contributed by atoms with E-state index in [9.17, 15) is 14.3 Å². The number of hydrogen-bond donors (Lipinski definition) is 1. The van der Waals surface area contributed by atoms with Crippen molar-refractivity contribution >= 4 is 5.97 Å². The first-order valence-electron chi connectivity index (χ1n) is 3.99. The first-order valence-corrected chi connectivity index (χ1v) is 3.99. The zero-order valence-corrected chi connectivity index (χ0v) is 7.61. The topological polar surface area (TPSA) is 59.4 Å². The molecule has 0 fully saturated rings. The molecule has 0 aliphatic heterocycles. The first kappa shape index (κ1) is 10.6. The van der Waals surface area contributed by atoms with Crippen LogP contribution in [0.5, 0.6) is 0 Å². The smallest absolute Gasteiger partial charge is 0.335 e. The molecule has 4 nitrogen and oxygen atoms in total. The van der Waals surface area contributed by atoms with Gasteiger partial charge in [-0.15, -0.1) is 0 Å². The maximum Gasteiger partial charge on any atom is 0.335 e. The second kappa shape index (κ2) is 4.66.